The third-order valence-electron chi connectivity index (χ3n) is 7.23. The minimum atomic E-state index is 0.972. The predicted octanol–water partition coefficient (Wildman–Crippen LogP) is 7.44. The maximum Gasteiger partial charge on any atom is 0.139 e. The molecule has 2 heterocycles. The average Bonchev–Trinajstić information content (AvgIpc) is 3.31. The second kappa shape index (κ2) is 9.21. The molecule has 0 aliphatic carbocycles. The maximum absolute atomic E-state index is 5.06. The van der Waals surface area contributed by atoms with Crippen LogP contribution in [-0.2, 0) is 0 Å². The quantitative estimate of drug-likeness (QED) is 0.238. The molecule has 0 amide bonds. The molecular weight excluding hydrogens is 459 g/mol. The van der Waals surface area contributed by atoms with Crippen molar-refractivity contribution in [3.8, 4) is 39.3 Å². The molecule has 38 heavy (non-hydrogen) atoms. The molecule has 0 unspecified atom stereocenters. The van der Waals surface area contributed by atoms with Crippen LogP contribution >= 0.6 is 0 Å². The van der Waals surface area contributed by atoms with Crippen molar-refractivity contribution in [3.05, 3.63) is 140 Å². The van der Waals surface area contributed by atoms with Crippen molar-refractivity contribution in [2.45, 2.75) is 0 Å². The van der Waals surface area contributed by atoms with Crippen molar-refractivity contribution < 1.29 is 0 Å². The molecule has 0 saturated carbocycles. The molecule has 7 rings (SSSR count). The number of pyridine rings is 1. The van der Waals surface area contributed by atoms with Gasteiger partial charge in [0.15, 0.2) is 0 Å². The Labute approximate surface area is 223 Å². The Morgan fingerprint density at radius 3 is 1.76 bits per heavy atom. The Morgan fingerprint density at radius 2 is 1.05 bits per heavy atom. The molecule has 178 valence electrons. The maximum atomic E-state index is 5.06. The van der Waals surface area contributed by atoms with Gasteiger partial charge < -0.3 is 4.57 Å². The van der Waals surface area contributed by atoms with Crippen molar-refractivity contribution >= 4 is 35.1 Å². The molecule has 0 N–H and O–H groups in total. The average molecular weight is 484 g/mol. The van der Waals surface area contributed by atoms with Crippen molar-refractivity contribution in [2.24, 2.45) is 0 Å². The van der Waals surface area contributed by atoms with E-state index in [9.17, 15) is 0 Å². The Balaban J connectivity index is 1.44. The van der Waals surface area contributed by atoms with Crippen molar-refractivity contribution in [3.63, 3.8) is 0 Å². The summed E-state index contributed by atoms with van der Waals surface area (Å²) in [7, 11) is 2.16. The lowest BCUT2D eigenvalue weighted by Crippen LogP contribution is -2.02. The van der Waals surface area contributed by atoms with Crippen LogP contribution in [0.4, 0.5) is 0 Å². The van der Waals surface area contributed by atoms with Gasteiger partial charge in [0, 0.05) is 27.6 Å². The highest BCUT2D eigenvalue weighted by Gasteiger charge is 2.14. The summed E-state index contributed by atoms with van der Waals surface area (Å²) in [6.07, 6.45) is 0. The number of hydrogen-bond acceptors (Lipinski definition) is 1. The van der Waals surface area contributed by atoms with Gasteiger partial charge in [-0.15, -0.1) is 0 Å². The number of benzene rings is 5. The largest absolute Gasteiger partial charge is 0.309 e. The monoisotopic (exact) mass is 484 g/mol. The van der Waals surface area contributed by atoms with Gasteiger partial charge in [-0.2, -0.15) is 0 Å². The molecule has 0 radical (unpaired) electrons. The van der Waals surface area contributed by atoms with E-state index in [-0.39, 0.29) is 0 Å². The second-order valence-corrected chi connectivity index (χ2v) is 9.78. The van der Waals surface area contributed by atoms with Crippen LogP contribution in [0.3, 0.4) is 0 Å². The van der Waals surface area contributed by atoms with Crippen molar-refractivity contribution in [1.82, 2.24) is 9.55 Å². The second-order valence-electron chi connectivity index (χ2n) is 9.78. The van der Waals surface area contributed by atoms with Gasteiger partial charge in [0.25, 0.3) is 0 Å². The topological polar surface area (TPSA) is 17.8 Å². The minimum absolute atomic E-state index is 0.972. The molecule has 0 aliphatic heterocycles. The van der Waals surface area contributed by atoms with E-state index in [0.29, 0.717) is 0 Å². The van der Waals surface area contributed by atoms with Gasteiger partial charge in [0.2, 0.25) is 0 Å². The van der Waals surface area contributed by atoms with E-state index in [1.54, 1.807) is 0 Å². The van der Waals surface area contributed by atoms with E-state index in [2.05, 4.69) is 140 Å². The standard InChI is InChI=1S/C35H25BN2/c36-28-18-19-31-30-16-7-8-17-34(30)38(35(31)23-28)29-15-9-14-26(20-29)27-21-32(24-10-3-1-4-11-24)37-33(22-27)25-12-5-2-6-13-25/h1-23H,36H2. The zero-order chi connectivity index (χ0) is 25.5. The summed E-state index contributed by atoms with van der Waals surface area (Å²) < 4.78 is 2.39. The summed E-state index contributed by atoms with van der Waals surface area (Å²) in [5.41, 5.74) is 11.3. The van der Waals surface area contributed by atoms with Crippen LogP contribution in [0.2, 0.25) is 0 Å². The third kappa shape index (κ3) is 3.90. The molecule has 0 bridgehead atoms. The lowest BCUT2D eigenvalue weighted by Gasteiger charge is -2.13. The third-order valence-corrected chi connectivity index (χ3v) is 7.23. The van der Waals surface area contributed by atoms with Gasteiger partial charge in [0.05, 0.1) is 22.4 Å². The highest BCUT2D eigenvalue weighted by molar-refractivity contribution is 6.33. The first kappa shape index (κ1) is 22.3. The van der Waals surface area contributed by atoms with Gasteiger partial charge >= 0.3 is 0 Å². The fraction of sp³-hybridized carbons (Fsp3) is 0. The van der Waals surface area contributed by atoms with Gasteiger partial charge in [-0.05, 0) is 47.5 Å². The zero-order valence-electron chi connectivity index (χ0n) is 21.2. The van der Waals surface area contributed by atoms with E-state index >= 15 is 0 Å². The van der Waals surface area contributed by atoms with E-state index in [4.69, 9.17) is 4.98 Å². The lowest BCUT2D eigenvalue weighted by atomic mass is 9.95. The molecule has 0 saturated heterocycles. The van der Waals surface area contributed by atoms with Gasteiger partial charge in [-0.3, -0.25) is 0 Å². The van der Waals surface area contributed by atoms with Gasteiger partial charge in [0.1, 0.15) is 7.85 Å². The number of aromatic nitrogens is 2. The molecule has 2 aromatic heterocycles. The summed E-state index contributed by atoms with van der Waals surface area (Å²) in [4.78, 5) is 5.06. The first-order chi connectivity index (χ1) is 18.7. The zero-order valence-corrected chi connectivity index (χ0v) is 21.2. The molecule has 2 nitrogen and oxygen atoms in total. The SMILES string of the molecule is Bc1ccc2c3ccccc3n(-c3cccc(-c4cc(-c5ccccc5)nc(-c5ccccc5)c4)c3)c2c1. The molecule has 0 aliphatic rings. The first-order valence-corrected chi connectivity index (χ1v) is 13.0. The van der Waals surface area contributed by atoms with Crippen molar-refractivity contribution in [2.75, 3.05) is 0 Å². The summed E-state index contributed by atoms with van der Waals surface area (Å²) in [6.45, 7) is 0. The molecule has 5 aromatic carbocycles. The number of hydrogen-bond donors (Lipinski definition) is 0. The van der Waals surface area contributed by atoms with E-state index in [0.717, 1.165) is 39.3 Å². The Bertz CT molecular complexity index is 1860. The van der Waals surface area contributed by atoms with Crippen LogP contribution in [0.1, 0.15) is 0 Å². The molecule has 0 fully saturated rings. The number of rotatable bonds is 4. The van der Waals surface area contributed by atoms with E-state index in [1.807, 2.05) is 12.1 Å². The van der Waals surface area contributed by atoms with E-state index in [1.165, 1.54) is 27.3 Å². The van der Waals surface area contributed by atoms with Crippen LogP contribution in [0.5, 0.6) is 0 Å². The summed E-state index contributed by atoms with van der Waals surface area (Å²) in [5.74, 6) is 0. The number of nitrogens with zero attached hydrogens (tertiary/aromatic N) is 2. The lowest BCUT2D eigenvalue weighted by molar-refractivity contribution is 1.18. The number of fused-ring (bicyclic) bond motifs is 3. The van der Waals surface area contributed by atoms with Crippen LogP contribution in [0, 0.1) is 0 Å². The summed E-state index contributed by atoms with van der Waals surface area (Å²) in [5, 5.41) is 2.55. The van der Waals surface area contributed by atoms with Gasteiger partial charge in [-0.1, -0.05) is 109 Å². The molecule has 7 aromatic rings. The first-order valence-electron chi connectivity index (χ1n) is 13.0. The normalized spacial score (nSPS) is 11.3. The van der Waals surface area contributed by atoms with Crippen LogP contribution in [0.15, 0.2) is 140 Å². The fourth-order valence-electron chi connectivity index (χ4n) is 5.39. The molecule has 0 atom stereocenters. The highest BCUT2D eigenvalue weighted by atomic mass is 15.0. The van der Waals surface area contributed by atoms with E-state index < -0.39 is 0 Å². The Morgan fingerprint density at radius 1 is 0.447 bits per heavy atom. The highest BCUT2D eigenvalue weighted by Crippen LogP contribution is 2.34. The smallest absolute Gasteiger partial charge is 0.139 e. The number of para-hydroxylation sites is 1. The van der Waals surface area contributed by atoms with Crippen molar-refractivity contribution in [1.29, 1.82) is 0 Å². The van der Waals surface area contributed by atoms with Crippen LogP contribution < -0.4 is 5.46 Å². The van der Waals surface area contributed by atoms with Gasteiger partial charge in [-0.25, -0.2) is 4.98 Å². The minimum Gasteiger partial charge on any atom is -0.309 e. The Hall–Kier alpha value is -4.89. The molecular formula is C35H25BN2. The molecule has 3 heteroatoms. The Kier molecular flexibility index (Phi) is 5.41. The summed E-state index contributed by atoms with van der Waals surface area (Å²) >= 11 is 0. The molecule has 0 spiro atoms. The summed E-state index contributed by atoms with van der Waals surface area (Å²) in [6, 6.07) is 49.5. The predicted molar refractivity (Wildman–Crippen MR) is 163 cm³/mol. The van der Waals surface area contributed by atoms with Crippen LogP contribution in [0.25, 0.3) is 61.1 Å². The fourth-order valence-corrected chi connectivity index (χ4v) is 5.39. The van der Waals surface area contributed by atoms with Crippen LogP contribution in [-0.4, -0.2) is 17.4 Å².